The Morgan fingerprint density at radius 2 is 1.92 bits per heavy atom. The molecule has 0 unspecified atom stereocenters. The van der Waals surface area contributed by atoms with Crippen molar-refractivity contribution < 1.29 is 5.11 Å². The van der Waals surface area contributed by atoms with Crippen molar-refractivity contribution in [1.82, 2.24) is 0 Å². The molecule has 2 N–H and O–H groups in total. The fraction of sp³-hybridized carbons (Fsp3) is 0.364. The van der Waals surface area contributed by atoms with Gasteiger partial charge >= 0.3 is 0 Å². The SMILES string of the molecule is CCCCC(=N)c1ccc(O)cc1. The number of phenols is 1. The Bertz CT molecular complexity index is 277. The lowest BCUT2D eigenvalue weighted by Crippen LogP contribution is -1.97. The van der Waals surface area contributed by atoms with Gasteiger partial charge in [-0.2, -0.15) is 0 Å². The molecule has 0 aliphatic rings. The standard InChI is InChI=1S/C11H15NO/c1-2-3-4-11(12)9-5-7-10(13)8-6-9/h5-8,12-13H,2-4H2,1H3. The number of hydrogen-bond acceptors (Lipinski definition) is 2. The first-order chi connectivity index (χ1) is 6.24. The second kappa shape index (κ2) is 4.65. The second-order valence-electron chi connectivity index (χ2n) is 3.13. The van der Waals surface area contributed by atoms with E-state index in [4.69, 9.17) is 10.5 Å². The Hall–Kier alpha value is -1.31. The number of hydrogen-bond donors (Lipinski definition) is 2. The van der Waals surface area contributed by atoms with Gasteiger partial charge in [0.2, 0.25) is 0 Å². The largest absolute Gasteiger partial charge is 0.508 e. The summed E-state index contributed by atoms with van der Waals surface area (Å²) >= 11 is 0. The quantitative estimate of drug-likeness (QED) is 0.682. The van der Waals surface area contributed by atoms with Crippen LogP contribution in [0.4, 0.5) is 0 Å². The fourth-order valence-corrected chi connectivity index (χ4v) is 1.16. The molecule has 1 aromatic rings. The minimum Gasteiger partial charge on any atom is -0.508 e. The van der Waals surface area contributed by atoms with E-state index in [0.29, 0.717) is 5.71 Å². The summed E-state index contributed by atoms with van der Waals surface area (Å²) in [6.45, 7) is 2.12. The van der Waals surface area contributed by atoms with E-state index in [1.54, 1.807) is 24.3 Å². The van der Waals surface area contributed by atoms with E-state index in [1.807, 2.05) is 0 Å². The number of aromatic hydroxyl groups is 1. The van der Waals surface area contributed by atoms with Gasteiger partial charge in [0, 0.05) is 5.71 Å². The highest BCUT2D eigenvalue weighted by Crippen LogP contribution is 2.12. The first-order valence-electron chi connectivity index (χ1n) is 4.61. The molecule has 0 amide bonds. The van der Waals surface area contributed by atoms with Gasteiger partial charge in [0.05, 0.1) is 0 Å². The molecule has 0 bridgehead atoms. The molecular formula is C11H15NO. The molecule has 0 aliphatic carbocycles. The van der Waals surface area contributed by atoms with Crippen molar-refractivity contribution in [1.29, 1.82) is 5.41 Å². The molecule has 1 aromatic carbocycles. The summed E-state index contributed by atoms with van der Waals surface area (Å²) in [6, 6.07) is 6.81. The average molecular weight is 177 g/mol. The highest BCUT2D eigenvalue weighted by molar-refractivity contribution is 5.98. The van der Waals surface area contributed by atoms with Gasteiger partial charge in [-0.3, -0.25) is 0 Å². The van der Waals surface area contributed by atoms with E-state index in [-0.39, 0.29) is 5.75 Å². The van der Waals surface area contributed by atoms with Crippen LogP contribution < -0.4 is 0 Å². The predicted molar refractivity (Wildman–Crippen MR) is 54.5 cm³/mol. The van der Waals surface area contributed by atoms with E-state index in [2.05, 4.69) is 6.92 Å². The monoisotopic (exact) mass is 177 g/mol. The summed E-state index contributed by atoms with van der Waals surface area (Å²) < 4.78 is 0. The fourth-order valence-electron chi connectivity index (χ4n) is 1.16. The van der Waals surface area contributed by atoms with Crippen LogP contribution in [0.3, 0.4) is 0 Å². The lowest BCUT2D eigenvalue weighted by Gasteiger charge is -2.02. The van der Waals surface area contributed by atoms with Crippen molar-refractivity contribution in [2.75, 3.05) is 0 Å². The minimum absolute atomic E-state index is 0.257. The zero-order valence-corrected chi connectivity index (χ0v) is 7.88. The van der Waals surface area contributed by atoms with Crippen molar-refractivity contribution in [3.05, 3.63) is 29.8 Å². The zero-order chi connectivity index (χ0) is 9.68. The van der Waals surface area contributed by atoms with Gasteiger partial charge in [-0.25, -0.2) is 0 Å². The molecule has 0 aromatic heterocycles. The molecule has 2 nitrogen and oxygen atoms in total. The van der Waals surface area contributed by atoms with E-state index in [9.17, 15) is 0 Å². The van der Waals surface area contributed by atoms with E-state index >= 15 is 0 Å². The van der Waals surface area contributed by atoms with Gasteiger partial charge in [-0.1, -0.05) is 13.3 Å². The molecule has 0 atom stereocenters. The Kier molecular flexibility index (Phi) is 3.50. The molecule has 0 saturated heterocycles. The van der Waals surface area contributed by atoms with E-state index < -0.39 is 0 Å². The van der Waals surface area contributed by atoms with E-state index in [1.165, 1.54) is 0 Å². The first-order valence-corrected chi connectivity index (χ1v) is 4.61. The van der Waals surface area contributed by atoms with Gasteiger partial charge in [0.15, 0.2) is 0 Å². The molecule has 1 rings (SSSR count). The number of unbranched alkanes of at least 4 members (excludes halogenated alkanes) is 1. The van der Waals surface area contributed by atoms with Gasteiger partial charge in [0.25, 0.3) is 0 Å². The summed E-state index contributed by atoms with van der Waals surface area (Å²) in [6.07, 6.45) is 2.99. The maximum absolute atomic E-state index is 9.04. The molecule has 70 valence electrons. The maximum Gasteiger partial charge on any atom is 0.115 e. The summed E-state index contributed by atoms with van der Waals surface area (Å²) in [5, 5.41) is 16.8. The lowest BCUT2D eigenvalue weighted by molar-refractivity contribution is 0.475. The smallest absolute Gasteiger partial charge is 0.115 e. The van der Waals surface area contributed by atoms with Gasteiger partial charge < -0.3 is 10.5 Å². The van der Waals surface area contributed by atoms with Crippen molar-refractivity contribution >= 4 is 5.71 Å². The third kappa shape index (κ3) is 2.90. The summed E-state index contributed by atoms with van der Waals surface area (Å²) in [5.74, 6) is 0.257. The Morgan fingerprint density at radius 3 is 2.46 bits per heavy atom. The van der Waals surface area contributed by atoms with Gasteiger partial charge in [-0.15, -0.1) is 0 Å². The van der Waals surface area contributed by atoms with Gasteiger partial charge in [0.1, 0.15) is 5.75 Å². The minimum atomic E-state index is 0.257. The van der Waals surface area contributed by atoms with Crippen LogP contribution >= 0.6 is 0 Å². The number of benzene rings is 1. The van der Waals surface area contributed by atoms with Crippen LogP contribution in [0.2, 0.25) is 0 Å². The van der Waals surface area contributed by atoms with Crippen LogP contribution in [0.15, 0.2) is 24.3 Å². The molecular weight excluding hydrogens is 162 g/mol. The Labute approximate surface area is 78.7 Å². The van der Waals surface area contributed by atoms with Crippen LogP contribution in [0.25, 0.3) is 0 Å². The average Bonchev–Trinajstić information content (AvgIpc) is 2.15. The molecule has 0 saturated carbocycles. The van der Waals surface area contributed by atoms with Crippen LogP contribution in [-0.2, 0) is 0 Å². The molecule has 0 spiro atoms. The normalized spacial score (nSPS) is 9.92. The molecule has 0 aliphatic heterocycles. The third-order valence-corrected chi connectivity index (χ3v) is 2.00. The Balaban J connectivity index is 2.61. The molecule has 2 heteroatoms. The number of phenolic OH excluding ortho intramolecular Hbond substituents is 1. The second-order valence-corrected chi connectivity index (χ2v) is 3.13. The molecule has 13 heavy (non-hydrogen) atoms. The summed E-state index contributed by atoms with van der Waals surface area (Å²) in [7, 11) is 0. The third-order valence-electron chi connectivity index (χ3n) is 2.00. The van der Waals surface area contributed by atoms with Crippen LogP contribution in [0.5, 0.6) is 5.75 Å². The highest BCUT2D eigenvalue weighted by Gasteiger charge is 1.99. The van der Waals surface area contributed by atoms with E-state index in [0.717, 1.165) is 24.8 Å². The number of rotatable bonds is 4. The highest BCUT2D eigenvalue weighted by atomic mass is 16.3. The van der Waals surface area contributed by atoms with Crippen molar-refractivity contribution in [3.63, 3.8) is 0 Å². The summed E-state index contributed by atoms with van der Waals surface area (Å²) in [4.78, 5) is 0. The first kappa shape index (κ1) is 9.78. The van der Waals surface area contributed by atoms with Crippen molar-refractivity contribution in [3.8, 4) is 5.75 Å². The van der Waals surface area contributed by atoms with Gasteiger partial charge in [-0.05, 0) is 42.7 Å². The zero-order valence-electron chi connectivity index (χ0n) is 7.88. The topological polar surface area (TPSA) is 44.1 Å². The van der Waals surface area contributed by atoms with Crippen LogP contribution in [-0.4, -0.2) is 10.8 Å². The summed E-state index contributed by atoms with van der Waals surface area (Å²) in [5.41, 5.74) is 1.56. The molecule has 0 radical (unpaired) electrons. The van der Waals surface area contributed by atoms with Crippen molar-refractivity contribution in [2.45, 2.75) is 26.2 Å². The predicted octanol–water partition coefficient (Wildman–Crippen LogP) is 2.95. The Morgan fingerprint density at radius 1 is 1.31 bits per heavy atom. The molecule has 0 heterocycles. The maximum atomic E-state index is 9.04. The van der Waals surface area contributed by atoms with Crippen molar-refractivity contribution in [2.24, 2.45) is 0 Å². The van der Waals surface area contributed by atoms with Crippen LogP contribution in [0, 0.1) is 5.41 Å². The molecule has 0 fully saturated rings. The lowest BCUT2D eigenvalue weighted by atomic mass is 10.1. The number of nitrogens with one attached hydrogen (secondary N) is 1. The van der Waals surface area contributed by atoms with Crippen LogP contribution in [0.1, 0.15) is 31.7 Å².